The van der Waals surface area contributed by atoms with Crippen LogP contribution in [0.25, 0.3) is 0 Å². The smallest absolute Gasteiger partial charge is 0.244 e. The number of sulfonamides is 1. The number of hydrogen-bond donors (Lipinski definition) is 0. The molecule has 0 spiro atoms. The van der Waals surface area contributed by atoms with Crippen LogP contribution in [0, 0.1) is 11.3 Å². The van der Waals surface area contributed by atoms with Gasteiger partial charge in [-0.2, -0.15) is 9.57 Å². The van der Waals surface area contributed by atoms with Crippen molar-refractivity contribution in [1.29, 1.82) is 5.26 Å². The van der Waals surface area contributed by atoms with Crippen LogP contribution in [0.15, 0.2) is 77.7 Å². The van der Waals surface area contributed by atoms with Crippen LogP contribution in [0.5, 0.6) is 0 Å². The first kappa shape index (κ1) is 25.6. The van der Waals surface area contributed by atoms with Gasteiger partial charge in [0, 0.05) is 42.8 Å². The third-order valence-corrected chi connectivity index (χ3v) is 8.45. The van der Waals surface area contributed by atoms with Crippen molar-refractivity contribution in [2.45, 2.75) is 11.0 Å². The van der Waals surface area contributed by atoms with Crippen LogP contribution >= 0.6 is 23.2 Å². The molecule has 0 saturated carbocycles. The van der Waals surface area contributed by atoms with E-state index in [1.54, 1.807) is 12.1 Å². The van der Waals surface area contributed by atoms with Gasteiger partial charge in [0.1, 0.15) is 12.2 Å². The summed E-state index contributed by atoms with van der Waals surface area (Å²) in [4.78, 5) is 2.25. The Bertz CT molecular complexity index is 1240. The third-order valence-electron chi connectivity index (χ3n) is 5.99. The minimum Gasteiger partial charge on any atom is -0.367 e. The molecule has 1 heterocycles. The van der Waals surface area contributed by atoms with E-state index in [9.17, 15) is 13.7 Å². The van der Waals surface area contributed by atoms with Gasteiger partial charge in [0.25, 0.3) is 0 Å². The van der Waals surface area contributed by atoms with Gasteiger partial charge < -0.3 is 4.74 Å². The van der Waals surface area contributed by atoms with Gasteiger partial charge in [0.15, 0.2) is 0 Å². The molecule has 1 aliphatic heterocycles. The van der Waals surface area contributed by atoms with E-state index in [4.69, 9.17) is 27.9 Å². The van der Waals surface area contributed by atoms with E-state index < -0.39 is 10.0 Å². The molecule has 6 nitrogen and oxygen atoms in total. The fourth-order valence-corrected chi connectivity index (χ4v) is 5.89. The zero-order valence-electron chi connectivity index (χ0n) is 19.0. The lowest BCUT2D eigenvalue weighted by molar-refractivity contribution is 0.0527. The number of rotatable bonds is 8. The standard InChI is InChI=1S/C26H25Cl2N3O3S/c27-23-9-5-20(6-10-23)26(21-7-11-24(28)12-8-21)34-18-17-30-13-15-31(16-14-30)35(32,33)25-4-2-1-3-22(25)19-29/h1-12,26H,13-18H2. The maximum Gasteiger partial charge on any atom is 0.244 e. The summed E-state index contributed by atoms with van der Waals surface area (Å²) in [5, 5.41) is 10.6. The van der Waals surface area contributed by atoms with Crippen LogP contribution in [-0.2, 0) is 14.8 Å². The Kier molecular flexibility index (Phi) is 8.45. The molecule has 1 aliphatic rings. The first-order valence-corrected chi connectivity index (χ1v) is 13.4. The van der Waals surface area contributed by atoms with Gasteiger partial charge in [-0.3, -0.25) is 4.90 Å². The molecule has 9 heteroatoms. The van der Waals surface area contributed by atoms with Crippen molar-refractivity contribution in [3.8, 4) is 6.07 Å². The fraction of sp³-hybridized carbons (Fsp3) is 0.269. The number of piperazine rings is 1. The third kappa shape index (κ3) is 6.22. The van der Waals surface area contributed by atoms with Crippen LogP contribution < -0.4 is 0 Å². The number of benzene rings is 3. The summed E-state index contributed by atoms with van der Waals surface area (Å²) in [6, 6.07) is 23.4. The second-order valence-electron chi connectivity index (χ2n) is 8.21. The molecule has 3 aromatic rings. The minimum absolute atomic E-state index is 0.0630. The zero-order valence-corrected chi connectivity index (χ0v) is 21.3. The lowest BCUT2D eigenvalue weighted by Gasteiger charge is -2.34. The number of nitriles is 1. The normalized spacial score (nSPS) is 15.3. The van der Waals surface area contributed by atoms with Gasteiger partial charge in [-0.1, -0.05) is 59.6 Å². The Morgan fingerprint density at radius 3 is 1.94 bits per heavy atom. The summed E-state index contributed by atoms with van der Waals surface area (Å²) in [6.07, 6.45) is -0.270. The Balaban J connectivity index is 1.36. The molecule has 0 atom stereocenters. The minimum atomic E-state index is -3.71. The number of ether oxygens (including phenoxy) is 1. The molecule has 0 bridgehead atoms. The van der Waals surface area contributed by atoms with E-state index in [2.05, 4.69) is 4.90 Å². The second-order valence-corrected chi connectivity index (χ2v) is 11.0. The summed E-state index contributed by atoms with van der Waals surface area (Å²) in [5.41, 5.74) is 2.14. The molecule has 0 radical (unpaired) electrons. The molecular formula is C26H25Cl2N3O3S. The maximum atomic E-state index is 13.1. The molecule has 0 N–H and O–H groups in total. The largest absolute Gasteiger partial charge is 0.367 e. The van der Waals surface area contributed by atoms with E-state index in [1.807, 2.05) is 54.6 Å². The lowest BCUT2D eigenvalue weighted by atomic mass is 10.0. The van der Waals surface area contributed by atoms with Crippen molar-refractivity contribution < 1.29 is 13.2 Å². The van der Waals surface area contributed by atoms with E-state index in [0.717, 1.165) is 11.1 Å². The highest BCUT2D eigenvalue weighted by Gasteiger charge is 2.30. The zero-order chi connectivity index (χ0) is 24.8. The molecule has 4 rings (SSSR count). The van der Waals surface area contributed by atoms with Crippen LogP contribution in [0.3, 0.4) is 0 Å². The van der Waals surface area contributed by atoms with Crippen LogP contribution in [0.1, 0.15) is 22.8 Å². The SMILES string of the molecule is N#Cc1ccccc1S(=O)(=O)N1CCN(CCOC(c2ccc(Cl)cc2)c2ccc(Cl)cc2)CC1. The highest BCUT2D eigenvalue weighted by molar-refractivity contribution is 7.89. The number of halogens is 2. The molecule has 1 saturated heterocycles. The van der Waals surface area contributed by atoms with Gasteiger partial charge in [-0.25, -0.2) is 8.42 Å². The molecule has 1 fully saturated rings. The first-order valence-electron chi connectivity index (χ1n) is 11.2. The van der Waals surface area contributed by atoms with E-state index in [0.29, 0.717) is 49.4 Å². The predicted molar refractivity (Wildman–Crippen MR) is 137 cm³/mol. The van der Waals surface area contributed by atoms with Crippen molar-refractivity contribution in [2.24, 2.45) is 0 Å². The fourth-order valence-electron chi connectivity index (χ4n) is 4.08. The molecule has 0 amide bonds. The Labute approximate surface area is 216 Å². The topological polar surface area (TPSA) is 73.6 Å². The highest BCUT2D eigenvalue weighted by atomic mass is 35.5. The van der Waals surface area contributed by atoms with Gasteiger partial charge in [0.05, 0.1) is 17.1 Å². The molecule has 35 heavy (non-hydrogen) atoms. The van der Waals surface area contributed by atoms with E-state index >= 15 is 0 Å². The van der Waals surface area contributed by atoms with Crippen molar-refractivity contribution >= 4 is 33.2 Å². The average molecular weight is 530 g/mol. The van der Waals surface area contributed by atoms with Gasteiger partial charge in [0.2, 0.25) is 10.0 Å². The molecular weight excluding hydrogens is 505 g/mol. The van der Waals surface area contributed by atoms with Crippen molar-refractivity contribution in [3.63, 3.8) is 0 Å². The summed E-state index contributed by atoms with van der Waals surface area (Å²) < 4.78 is 33.8. The number of hydrogen-bond acceptors (Lipinski definition) is 5. The molecule has 3 aromatic carbocycles. The van der Waals surface area contributed by atoms with Gasteiger partial charge in [-0.15, -0.1) is 0 Å². The van der Waals surface area contributed by atoms with Gasteiger partial charge >= 0.3 is 0 Å². The summed E-state index contributed by atoms with van der Waals surface area (Å²) >= 11 is 12.1. The Hall–Kier alpha value is -2.44. The maximum absolute atomic E-state index is 13.1. The summed E-state index contributed by atoms with van der Waals surface area (Å²) in [7, 11) is -3.71. The van der Waals surface area contributed by atoms with Crippen molar-refractivity contribution in [1.82, 2.24) is 9.21 Å². The van der Waals surface area contributed by atoms with Crippen LogP contribution in [0.2, 0.25) is 10.0 Å². The number of nitrogens with zero attached hydrogens (tertiary/aromatic N) is 3. The van der Waals surface area contributed by atoms with Crippen LogP contribution in [0.4, 0.5) is 0 Å². The molecule has 182 valence electrons. The van der Waals surface area contributed by atoms with Gasteiger partial charge in [-0.05, 0) is 47.5 Å². The molecule has 0 aromatic heterocycles. The molecule has 0 aliphatic carbocycles. The highest BCUT2D eigenvalue weighted by Crippen LogP contribution is 2.28. The summed E-state index contributed by atoms with van der Waals surface area (Å²) in [5.74, 6) is 0. The average Bonchev–Trinajstić information content (AvgIpc) is 2.88. The predicted octanol–water partition coefficient (Wildman–Crippen LogP) is 4.98. The first-order chi connectivity index (χ1) is 16.9. The second kappa shape index (κ2) is 11.5. The lowest BCUT2D eigenvalue weighted by Crippen LogP contribution is -2.49. The van der Waals surface area contributed by atoms with Crippen molar-refractivity contribution in [3.05, 3.63) is 99.5 Å². The Morgan fingerprint density at radius 1 is 0.857 bits per heavy atom. The van der Waals surface area contributed by atoms with Crippen molar-refractivity contribution in [2.75, 3.05) is 39.3 Å². The monoisotopic (exact) mass is 529 g/mol. The van der Waals surface area contributed by atoms with E-state index in [1.165, 1.54) is 16.4 Å². The quantitative estimate of drug-likeness (QED) is 0.411. The summed E-state index contributed by atoms with van der Waals surface area (Å²) in [6.45, 7) is 3.04. The molecule has 0 unspecified atom stereocenters. The Morgan fingerprint density at radius 2 is 1.40 bits per heavy atom. The van der Waals surface area contributed by atoms with Crippen LogP contribution in [-0.4, -0.2) is 57.0 Å². The van der Waals surface area contributed by atoms with E-state index in [-0.39, 0.29) is 16.6 Å².